The lowest BCUT2D eigenvalue weighted by Crippen LogP contribution is -2.60. The molecule has 0 fully saturated rings. The molecule has 0 aromatic rings. The molecule has 0 amide bonds. The van der Waals surface area contributed by atoms with Crippen LogP contribution in [0.15, 0.2) is 23.8 Å². The molecule has 0 aliphatic heterocycles. The minimum Gasteiger partial charge on any atom is -0.307 e. The second-order valence-corrected chi connectivity index (χ2v) is 4.16. The van der Waals surface area contributed by atoms with Crippen LogP contribution in [0.1, 0.15) is 6.92 Å². The highest BCUT2D eigenvalue weighted by Gasteiger charge is 2.41. The normalized spacial score (nSPS) is 26.5. The first-order valence-electron chi connectivity index (χ1n) is 3.19. The first-order valence-corrected chi connectivity index (χ1v) is 3.95. The molecule has 0 aromatic heterocycles. The quantitative estimate of drug-likeness (QED) is 0.449. The van der Waals surface area contributed by atoms with Crippen LogP contribution in [-0.2, 0) is 0 Å². The third-order valence-electron chi connectivity index (χ3n) is 1.61. The van der Waals surface area contributed by atoms with Crippen molar-refractivity contribution in [3.05, 3.63) is 23.8 Å². The van der Waals surface area contributed by atoms with E-state index in [4.69, 9.17) is 34.7 Å². The summed E-state index contributed by atoms with van der Waals surface area (Å²) in [5, 5.41) is 0. The van der Waals surface area contributed by atoms with E-state index < -0.39 is 10.00 Å². The first kappa shape index (κ1) is 9.07. The molecular weight excluding hydrogens is 183 g/mol. The maximum Gasteiger partial charge on any atom is 0.171 e. The van der Waals surface area contributed by atoms with Gasteiger partial charge >= 0.3 is 0 Å². The fourth-order valence-electron chi connectivity index (χ4n) is 0.839. The lowest BCUT2D eigenvalue weighted by Gasteiger charge is -2.34. The topological polar surface area (TPSA) is 52.0 Å². The molecule has 0 radical (unpaired) electrons. The Kier molecular flexibility index (Phi) is 2.05. The molecule has 0 atom stereocenters. The van der Waals surface area contributed by atoms with Crippen molar-refractivity contribution in [1.82, 2.24) is 0 Å². The number of allylic oxidation sites excluding steroid dienone is 2. The largest absolute Gasteiger partial charge is 0.307 e. The number of rotatable bonds is 0. The molecule has 11 heavy (non-hydrogen) atoms. The van der Waals surface area contributed by atoms with Crippen LogP contribution < -0.4 is 11.5 Å². The molecule has 2 nitrogen and oxygen atoms in total. The van der Waals surface area contributed by atoms with Gasteiger partial charge in [0, 0.05) is 0 Å². The summed E-state index contributed by atoms with van der Waals surface area (Å²) in [4.78, 5) is 0. The minimum absolute atomic E-state index is 0.960. The van der Waals surface area contributed by atoms with Gasteiger partial charge in [0.15, 0.2) is 4.33 Å². The van der Waals surface area contributed by atoms with E-state index >= 15 is 0 Å². The van der Waals surface area contributed by atoms with Crippen molar-refractivity contribution < 1.29 is 0 Å². The Balaban J connectivity index is 3.04. The van der Waals surface area contributed by atoms with Crippen molar-refractivity contribution in [1.29, 1.82) is 0 Å². The minimum atomic E-state index is -1.20. The molecule has 0 spiro atoms. The first-order chi connectivity index (χ1) is 4.85. The maximum atomic E-state index is 5.85. The van der Waals surface area contributed by atoms with E-state index in [2.05, 4.69) is 0 Å². The summed E-state index contributed by atoms with van der Waals surface area (Å²) < 4.78 is -1.20. The van der Waals surface area contributed by atoms with Crippen LogP contribution in [0.4, 0.5) is 0 Å². The van der Waals surface area contributed by atoms with E-state index in [-0.39, 0.29) is 0 Å². The monoisotopic (exact) mass is 192 g/mol. The lowest BCUT2D eigenvalue weighted by atomic mass is 9.98. The Morgan fingerprint density at radius 3 is 2.27 bits per heavy atom. The zero-order valence-corrected chi connectivity index (χ0v) is 7.65. The van der Waals surface area contributed by atoms with Crippen molar-refractivity contribution in [3.8, 4) is 0 Å². The average Bonchev–Trinajstić information content (AvgIpc) is 1.80. The molecule has 4 heteroatoms. The van der Waals surface area contributed by atoms with Crippen molar-refractivity contribution in [3.63, 3.8) is 0 Å². The van der Waals surface area contributed by atoms with Gasteiger partial charge in [-0.15, -0.1) is 0 Å². The number of nitrogens with two attached hydrogens (primary N) is 2. The predicted octanol–water partition coefficient (Wildman–Crippen LogP) is 1.29. The Bertz CT molecular complexity index is 229. The van der Waals surface area contributed by atoms with Crippen LogP contribution in [0, 0.1) is 0 Å². The Labute approximate surface area is 75.8 Å². The van der Waals surface area contributed by atoms with Crippen LogP contribution in [0.2, 0.25) is 0 Å². The van der Waals surface area contributed by atoms with Crippen LogP contribution >= 0.6 is 23.2 Å². The molecule has 0 heterocycles. The molecule has 1 aliphatic rings. The van der Waals surface area contributed by atoms with Crippen LogP contribution in [0.5, 0.6) is 0 Å². The van der Waals surface area contributed by atoms with Gasteiger partial charge in [-0.1, -0.05) is 34.9 Å². The van der Waals surface area contributed by atoms with E-state index in [1.165, 1.54) is 0 Å². The summed E-state index contributed by atoms with van der Waals surface area (Å²) in [6.07, 6.45) is 5.03. The SMILES string of the molecule is CC1=CC(Cl)(Cl)C(N)(N)C=C1. The third kappa shape index (κ3) is 1.59. The standard InChI is InChI=1S/C7H10Cl2N2/c1-5-2-3-7(10,11)6(8,9)4-5/h2-4H,10-11H2,1H3. The molecule has 62 valence electrons. The van der Waals surface area contributed by atoms with Gasteiger partial charge in [-0.05, 0) is 19.1 Å². The molecular formula is C7H10Cl2N2. The summed E-state index contributed by atoms with van der Waals surface area (Å²) in [6, 6.07) is 0. The fraction of sp³-hybridized carbons (Fsp3) is 0.429. The van der Waals surface area contributed by atoms with Crippen LogP contribution in [-0.4, -0.2) is 10.00 Å². The van der Waals surface area contributed by atoms with Crippen molar-refractivity contribution >= 4 is 23.2 Å². The maximum absolute atomic E-state index is 5.85. The third-order valence-corrected chi connectivity index (χ3v) is 2.48. The molecule has 0 saturated carbocycles. The highest BCUT2D eigenvalue weighted by Crippen LogP contribution is 2.35. The summed E-state index contributed by atoms with van der Waals surface area (Å²) in [6.45, 7) is 1.88. The number of halogens is 2. The summed E-state index contributed by atoms with van der Waals surface area (Å²) in [7, 11) is 0. The smallest absolute Gasteiger partial charge is 0.171 e. The van der Waals surface area contributed by atoms with Gasteiger partial charge in [0.2, 0.25) is 0 Å². The van der Waals surface area contributed by atoms with E-state index in [0.29, 0.717) is 0 Å². The predicted molar refractivity (Wildman–Crippen MR) is 48.4 cm³/mol. The van der Waals surface area contributed by atoms with Gasteiger partial charge in [-0.3, -0.25) is 0 Å². The Morgan fingerprint density at radius 2 is 1.91 bits per heavy atom. The van der Waals surface area contributed by atoms with Crippen molar-refractivity contribution in [2.45, 2.75) is 16.9 Å². The lowest BCUT2D eigenvalue weighted by molar-refractivity contribution is 0.527. The summed E-state index contributed by atoms with van der Waals surface area (Å²) in [5.74, 6) is 0. The molecule has 0 aromatic carbocycles. The molecule has 1 rings (SSSR count). The van der Waals surface area contributed by atoms with E-state index in [1.54, 1.807) is 18.2 Å². The fourth-order valence-corrected chi connectivity index (χ4v) is 1.31. The van der Waals surface area contributed by atoms with Crippen LogP contribution in [0.25, 0.3) is 0 Å². The number of alkyl halides is 2. The average molecular weight is 193 g/mol. The second kappa shape index (κ2) is 2.49. The molecule has 1 aliphatic carbocycles. The molecule has 0 saturated heterocycles. The second-order valence-electron chi connectivity index (χ2n) is 2.78. The molecule has 4 N–H and O–H groups in total. The zero-order valence-electron chi connectivity index (χ0n) is 6.14. The Morgan fingerprint density at radius 1 is 1.36 bits per heavy atom. The van der Waals surface area contributed by atoms with Gasteiger partial charge in [0.25, 0.3) is 0 Å². The highest BCUT2D eigenvalue weighted by atomic mass is 35.5. The van der Waals surface area contributed by atoms with Gasteiger partial charge < -0.3 is 11.5 Å². The number of hydrogen-bond donors (Lipinski definition) is 2. The Hall–Kier alpha value is -0.0200. The zero-order chi connectivity index (χ0) is 8.70. The van der Waals surface area contributed by atoms with Crippen LogP contribution in [0.3, 0.4) is 0 Å². The van der Waals surface area contributed by atoms with E-state index in [9.17, 15) is 0 Å². The molecule has 0 unspecified atom stereocenters. The van der Waals surface area contributed by atoms with Gasteiger partial charge in [0.05, 0.1) is 0 Å². The van der Waals surface area contributed by atoms with Crippen molar-refractivity contribution in [2.24, 2.45) is 11.5 Å². The summed E-state index contributed by atoms with van der Waals surface area (Å²) in [5.41, 5.74) is 11.0. The van der Waals surface area contributed by atoms with Gasteiger partial charge in [-0.2, -0.15) is 0 Å². The van der Waals surface area contributed by atoms with E-state index in [0.717, 1.165) is 5.57 Å². The highest BCUT2D eigenvalue weighted by molar-refractivity contribution is 6.51. The van der Waals surface area contributed by atoms with Gasteiger partial charge in [0.1, 0.15) is 5.66 Å². The molecule has 0 bridgehead atoms. The van der Waals surface area contributed by atoms with Crippen molar-refractivity contribution in [2.75, 3.05) is 0 Å². The number of hydrogen-bond acceptors (Lipinski definition) is 2. The van der Waals surface area contributed by atoms with E-state index in [1.807, 2.05) is 6.92 Å². The van der Waals surface area contributed by atoms with Gasteiger partial charge in [-0.25, -0.2) is 0 Å². The summed E-state index contributed by atoms with van der Waals surface area (Å²) >= 11 is 11.7.